The van der Waals surface area contributed by atoms with Crippen molar-refractivity contribution in [1.29, 1.82) is 0 Å². The minimum absolute atomic E-state index is 0.00284. The van der Waals surface area contributed by atoms with E-state index in [1.54, 1.807) is 0 Å². The molecule has 0 aliphatic heterocycles. The molecule has 0 aliphatic rings. The summed E-state index contributed by atoms with van der Waals surface area (Å²) in [4.78, 5) is 0. The number of hydrogen-bond acceptors (Lipinski definition) is 2. The largest absolute Gasteiger partial charge is 0.394 e. The molecule has 0 aliphatic carbocycles. The fourth-order valence-electron chi connectivity index (χ4n) is 1.77. The lowest BCUT2D eigenvalue weighted by Gasteiger charge is -2.19. The Morgan fingerprint density at radius 2 is 1.84 bits per heavy atom. The molecule has 2 aromatic rings. The van der Waals surface area contributed by atoms with Crippen LogP contribution in [-0.4, -0.2) is 11.7 Å². The van der Waals surface area contributed by atoms with Gasteiger partial charge in [-0.15, -0.1) is 0 Å². The lowest BCUT2D eigenvalue weighted by molar-refractivity contribution is 0.276. The van der Waals surface area contributed by atoms with E-state index in [4.69, 9.17) is 11.6 Å². The first-order valence-corrected chi connectivity index (χ1v) is 7.65. The number of hydrogen-bond donors (Lipinski definition) is 2. The smallest absolute Gasteiger partial charge is 0.0755 e. The van der Waals surface area contributed by atoms with Gasteiger partial charge in [-0.3, -0.25) is 0 Å². The molecule has 0 saturated heterocycles. The van der Waals surface area contributed by atoms with E-state index in [0.29, 0.717) is 5.02 Å². The molecule has 0 aromatic heterocycles. The van der Waals surface area contributed by atoms with Gasteiger partial charge in [0.15, 0.2) is 0 Å². The number of anilines is 1. The van der Waals surface area contributed by atoms with Gasteiger partial charge < -0.3 is 10.4 Å². The molecule has 2 nitrogen and oxygen atoms in total. The molecular weight excluding hydrogens is 393 g/mol. The first kappa shape index (κ1) is 14.9. The number of rotatable bonds is 4. The molecule has 2 aromatic carbocycles. The summed E-state index contributed by atoms with van der Waals surface area (Å²) in [5, 5.41) is 13.5. The average Bonchev–Trinajstić information content (AvgIpc) is 2.41. The van der Waals surface area contributed by atoms with Crippen molar-refractivity contribution in [3.05, 3.63) is 62.0 Å². The molecule has 5 heteroatoms. The number of aliphatic hydroxyl groups excluding tert-OH is 1. The first-order valence-electron chi connectivity index (χ1n) is 5.68. The Balaban J connectivity index is 2.24. The lowest BCUT2D eigenvalue weighted by Crippen LogP contribution is -2.15. The van der Waals surface area contributed by atoms with E-state index in [9.17, 15) is 5.11 Å². The van der Waals surface area contributed by atoms with E-state index in [1.165, 1.54) is 0 Å². The zero-order valence-electron chi connectivity index (χ0n) is 9.91. The second-order valence-electron chi connectivity index (χ2n) is 4.03. The second kappa shape index (κ2) is 6.75. The van der Waals surface area contributed by atoms with E-state index in [2.05, 4.69) is 37.2 Å². The van der Waals surface area contributed by atoms with Gasteiger partial charge in [0, 0.05) is 14.6 Å². The maximum absolute atomic E-state index is 9.57. The van der Waals surface area contributed by atoms with E-state index in [0.717, 1.165) is 20.2 Å². The average molecular weight is 406 g/mol. The van der Waals surface area contributed by atoms with E-state index >= 15 is 0 Å². The van der Waals surface area contributed by atoms with Gasteiger partial charge in [0.05, 0.1) is 17.7 Å². The van der Waals surface area contributed by atoms with Crippen LogP contribution >= 0.6 is 43.5 Å². The Hall–Kier alpha value is -0.550. The van der Waals surface area contributed by atoms with Gasteiger partial charge in [-0.25, -0.2) is 0 Å². The third kappa shape index (κ3) is 3.72. The first-order chi connectivity index (χ1) is 9.11. The molecule has 0 radical (unpaired) electrons. The summed E-state index contributed by atoms with van der Waals surface area (Å²) in [6.45, 7) is 0.00284. The van der Waals surface area contributed by atoms with Gasteiger partial charge in [0.1, 0.15) is 0 Å². The minimum atomic E-state index is -0.177. The predicted molar refractivity (Wildman–Crippen MR) is 86.7 cm³/mol. The van der Waals surface area contributed by atoms with Crippen LogP contribution in [0.25, 0.3) is 0 Å². The Bertz CT molecular complexity index is 577. The highest BCUT2D eigenvalue weighted by Gasteiger charge is 2.13. The standard InChI is InChI=1S/C14H12Br2ClNO/c15-11-4-2-1-3-10(11)14(8-19)18-9-5-6-13(17)12(16)7-9/h1-7,14,18-19H,8H2. The Morgan fingerprint density at radius 3 is 2.47 bits per heavy atom. The predicted octanol–water partition coefficient (Wildman–Crippen LogP) is 5.01. The SMILES string of the molecule is OCC(Nc1ccc(Cl)c(Br)c1)c1ccccc1Br. The van der Waals surface area contributed by atoms with Crippen molar-refractivity contribution in [3.8, 4) is 0 Å². The van der Waals surface area contributed by atoms with Crippen LogP contribution in [0, 0.1) is 0 Å². The summed E-state index contributed by atoms with van der Waals surface area (Å²) in [7, 11) is 0. The molecule has 0 amide bonds. The highest BCUT2D eigenvalue weighted by atomic mass is 79.9. The number of halogens is 3. The fourth-order valence-corrected chi connectivity index (χ4v) is 2.82. The van der Waals surface area contributed by atoms with Crippen molar-refractivity contribution < 1.29 is 5.11 Å². The van der Waals surface area contributed by atoms with Crippen LogP contribution in [0.5, 0.6) is 0 Å². The van der Waals surface area contributed by atoms with Gasteiger partial charge in [0.2, 0.25) is 0 Å². The third-order valence-electron chi connectivity index (χ3n) is 2.72. The maximum atomic E-state index is 9.57. The lowest BCUT2D eigenvalue weighted by atomic mass is 10.1. The molecule has 2 rings (SSSR count). The molecule has 0 saturated carbocycles. The zero-order valence-corrected chi connectivity index (χ0v) is 13.8. The minimum Gasteiger partial charge on any atom is -0.394 e. The molecule has 0 fully saturated rings. The van der Waals surface area contributed by atoms with Crippen molar-refractivity contribution in [2.45, 2.75) is 6.04 Å². The molecule has 0 bridgehead atoms. The number of aliphatic hydroxyl groups is 1. The van der Waals surface area contributed by atoms with Crippen LogP contribution < -0.4 is 5.32 Å². The van der Waals surface area contributed by atoms with E-state index in [-0.39, 0.29) is 12.6 Å². The Kier molecular flexibility index (Phi) is 5.28. The van der Waals surface area contributed by atoms with Crippen molar-refractivity contribution in [2.24, 2.45) is 0 Å². The summed E-state index contributed by atoms with van der Waals surface area (Å²) in [5.74, 6) is 0. The molecule has 0 spiro atoms. The van der Waals surface area contributed by atoms with Crippen LogP contribution in [0.2, 0.25) is 5.02 Å². The Morgan fingerprint density at radius 1 is 1.11 bits per heavy atom. The monoisotopic (exact) mass is 403 g/mol. The highest BCUT2D eigenvalue weighted by Crippen LogP contribution is 2.29. The van der Waals surface area contributed by atoms with Gasteiger partial charge >= 0.3 is 0 Å². The normalized spacial score (nSPS) is 12.2. The van der Waals surface area contributed by atoms with Crippen LogP contribution in [0.15, 0.2) is 51.4 Å². The summed E-state index contributed by atoms with van der Waals surface area (Å²) < 4.78 is 1.79. The molecule has 100 valence electrons. The number of nitrogens with one attached hydrogen (secondary N) is 1. The fraction of sp³-hybridized carbons (Fsp3) is 0.143. The van der Waals surface area contributed by atoms with Crippen LogP contribution in [0.4, 0.5) is 5.69 Å². The molecule has 1 atom stereocenters. The second-order valence-corrected chi connectivity index (χ2v) is 6.15. The molecule has 2 N–H and O–H groups in total. The van der Waals surface area contributed by atoms with Crippen molar-refractivity contribution >= 4 is 49.1 Å². The van der Waals surface area contributed by atoms with Crippen molar-refractivity contribution in [3.63, 3.8) is 0 Å². The Labute approximate surface area is 134 Å². The molecule has 19 heavy (non-hydrogen) atoms. The van der Waals surface area contributed by atoms with E-state index in [1.807, 2.05) is 42.5 Å². The van der Waals surface area contributed by atoms with Crippen molar-refractivity contribution in [2.75, 3.05) is 11.9 Å². The highest BCUT2D eigenvalue weighted by molar-refractivity contribution is 9.10. The van der Waals surface area contributed by atoms with Crippen LogP contribution in [-0.2, 0) is 0 Å². The molecule has 0 heterocycles. The van der Waals surface area contributed by atoms with Crippen LogP contribution in [0.1, 0.15) is 11.6 Å². The van der Waals surface area contributed by atoms with Gasteiger partial charge in [-0.05, 0) is 45.8 Å². The van der Waals surface area contributed by atoms with Gasteiger partial charge in [-0.2, -0.15) is 0 Å². The van der Waals surface area contributed by atoms with Gasteiger partial charge in [-0.1, -0.05) is 45.7 Å². The summed E-state index contributed by atoms with van der Waals surface area (Å²) in [6, 6.07) is 13.2. The molecule has 1 unspecified atom stereocenters. The summed E-state index contributed by atoms with van der Waals surface area (Å²) in [5.41, 5.74) is 1.90. The zero-order chi connectivity index (χ0) is 13.8. The third-order valence-corrected chi connectivity index (χ3v) is 4.66. The topological polar surface area (TPSA) is 32.3 Å². The van der Waals surface area contributed by atoms with Gasteiger partial charge in [0.25, 0.3) is 0 Å². The quantitative estimate of drug-likeness (QED) is 0.749. The molecular formula is C14H12Br2ClNO. The van der Waals surface area contributed by atoms with E-state index < -0.39 is 0 Å². The van der Waals surface area contributed by atoms with Crippen LogP contribution in [0.3, 0.4) is 0 Å². The van der Waals surface area contributed by atoms with Crippen molar-refractivity contribution in [1.82, 2.24) is 0 Å². The summed E-state index contributed by atoms with van der Waals surface area (Å²) in [6.07, 6.45) is 0. The maximum Gasteiger partial charge on any atom is 0.0755 e. The number of benzene rings is 2. The summed E-state index contributed by atoms with van der Waals surface area (Å²) >= 11 is 12.8.